The van der Waals surface area contributed by atoms with Gasteiger partial charge in [-0.2, -0.15) is 0 Å². The number of carbonyl (C=O) groups is 2. The average molecular weight is 327 g/mol. The number of anilines is 1. The van der Waals surface area contributed by atoms with Crippen LogP contribution >= 0.6 is 11.3 Å². The number of rotatable bonds is 4. The Morgan fingerprint density at radius 2 is 2.04 bits per heavy atom. The van der Waals surface area contributed by atoms with Gasteiger partial charge in [0.15, 0.2) is 11.2 Å². The van der Waals surface area contributed by atoms with Crippen LogP contribution in [0.2, 0.25) is 0 Å². The Kier molecular flexibility index (Phi) is 4.29. The van der Waals surface area contributed by atoms with Crippen molar-refractivity contribution < 1.29 is 14.3 Å². The molecule has 1 N–H and O–H groups in total. The molecule has 2 aromatic heterocycles. The molecule has 1 unspecified atom stereocenters. The molecule has 6 nitrogen and oxygen atoms in total. The van der Waals surface area contributed by atoms with Gasteiger partial charge in [0.25, 0.3) is 5.91 Å². The van der Waals surface area contributed by atoms with E-state index >= 15 is 0 Å². The summed E-state index contributed by atoms with van der Waals surface area (Å²) in [6.45, 7) is 1.51. The first kappa shape index (κ1) is 15.1. The Bertz CT molecular complexity index is 815. The third-order valence-corrected chi connectivity index (χ3v) is 4.03. The molecule has 0 radical (unpaired) electrons. The molecule has 0 aliphatic rings. The monoisotopic (exact) mass is 327 g/mol. The van der Waals surface area contributed by atoms with Crippen LogP contribution in [0.15, 0.2) is 48.8 Å². The highest BCUT2D eigenvalue weighted by Gasteiger charge is 2.20. The van der Waals surface area contributed by atoms with Gasteiger partial charge in [0, 0.05) is 12.4 Å². The maximum atomic E-state index is 12.1. The highest BCUT2D eigenvalue weighted by Crippen LogP contribution is 2.25. The van der Waals surface area contributed by atoms with E-state index in [4.69, 9.17) is 4.74 Å². The summed E-state index contributed by atoms with van der Waals surface area (Å²) in [7, 11) is 0. The Balaban J connectivity index is 1.64. The SMILES string of the molecule is CC(OC(=O)c1cccnc1)C(=O)Nc1nc2ccccc2s1. The lowest BCUT2D eigenvalue weighted by Crippen LogP contribution is -2.29. The Morgan fingerprint density at radius 3 is 2.78 bits per heavy atom. The van der Waals surface area contributed by atoms with Crippen molar-refractivity contribution in [1.29, 1.82) is 0 Å². The minimum absolute atomic E-state index is 0.298. The molecule has 0 bridgehead atoms. The van der Waals surface area contributed by atoms with Crippen LogP contribution in [0, 0.1) is 0 Å². The minimum atomic E-state index is -0.935. The minimum Gasteiger partial charge on any atom is -0.449 e. The lowest BCUT2D eigenvalue weighted by molar-refractivity contribution is -0.123. The summed E-state index contributed by atoms with van der Waals surface area (Å²) in [5.41, 5.74) is 1.11. The van der Waals surface area contributed by atoms with Crippen molar-refractivity contribution in [2.24, 2.45) is 0 Å². The van der Waals surface area contributed by atoms with Crippen molar-refractivity contribution in [3.63, 3.8) is 0 Å². The van der Waals surface area contributed by atoms with Crippen molar-refractivity contribution in [2.45, 2.75) is 13.0 Å². The molecule has 1 atom stereocenters. The highest BCUT2D eigenvalue weighted by molar-refractivity contribution is 7.22. The van der Waals surface area contributed by atoms with Crippen LogP contribution in [0.4, 0.5) is 5.13 Å². The average Bonchev–Trinajstić information content (AvgIpc) is 2.97. The number of thiazole rings is 1. The van der Waals surface area contributed by atoms with Crippen molar-refractivity contribution in [2.75, 3.05) is 5.32 Å². The number of nitrogens with one attached hydrogen (secondary N) is 1. The van der Waals surface area contributed by atoms with E-state index in [1.165, 1.54) is 24.5 Å². The summed E-state index contributed by atoms with van der Waals surface area (Å²) in [5.74, 6) is -1.02. The fourth-order valence-corrected chi connectivity index (χ4v) is 2.77. The highest BCUT2D eigenvalue weighted by atomic mass is 32.1. The molecule has 1 aromatic carbocycles. The number of hydrogen-bond acceptors (Lipinski definition) is 6. The second kappa shape index (κ2) is 6.53. The summed E-state index contributed by atoms with van der Waals surface area (Å²) < 4.78 is 6.11. The Morgan fingerprint density at radius 1 is 1.22 bits per heavy atom. The number of aromatic nitrogens is 2. The molecule has 0 fully saturated rings. The molecule has 2 heterocycles. The molecule has 116 valence electrons. The zero-order valence-electron chi connectivity index (χ0n) is 12.2. The van der Waals surface area contributed by atoms with E-state index in [9.17, 15) is 9.59 Å². The Hall–Kier alpha value is -2.80. The maximum Gasteiger partial charge on any atom is 0.340 e. The maximum absolute atomic E-state index is 12.1. The van der Waals surface area contributed by atoms with E-state index < -0.39 is 18.0 Å². The first-order chi connectivity index (χ1) is 11.1. The number of fused-ring (bicyclic) bond motifs is 1. The molecule has 1 amide bonds. The van der Waals surface area contributed by atoms with Gasteiger partial charge in [0.05, 0.1) is 15.8 Å². The third kappa shape index (κ3) is 3.51. The number of esters is 1. The summed E-state index contributed by atoms with van der Waals surface area (Å²) in [6.07, 6.45) is 2.01. The number of amides is 1. The zero-order valence-corrected chi connectivity index (χ0v) is 13.0. The fourth-order valence-electron chi connectivity index (χ4n) is 1.90. The molecule has 3 rings (SSSR count). The van der Waals surface area contributed by atoms with E-state index in [0.29, 0.717) is 10.7 Å². The quantitative estimate of drug-likeness (QED) is 0.745. The fraction of sp³-hybridized carbons (Fsp3) is 0.125. The number of hydrogen-bond donors (Lipinski definition) is 1. The van der Waals surface area contributed by atoms with Crippen LogP contribution in [0.5, 0.6) is 0 Å². The number of carbonyl (C=O) groups excluding carboxylic acids is 2. The van der Waals surface area contributed by atoms with Crippen LogP contribution in [0.3, 0.4) is 0 Å². The van der Waals surface area contributed by atoms with Crippen molar-refractivity contribution in [1.82, 2.24) is 9.97 Å². The van der Waals surface area contributed by atoms with Crippen LogP contribution in [0.1, 0.15) is 17.3 Å². The van der Waals surface area contributed by atoms with Crippen molar-refractivity contribution >= 4 is 38.6 Å². The number of pyridine rings is 1. The summed E-state index contributed by atoms with van der Waals surface area (Å²) in [6, 6.07) is 10.8. The molecule has 7 heteroatoms. The lowest BCUT2D eigenvalue weighted by Gasteiger charge is -2.12. The molecule has 0 saturated heterocycles. The van der Waals surface area contributed by atoms with Crippen molar-refractivity contribution in [3.8, 4) is 0 Å². The van der Waals surface area contributed by atoms with Gasteiger partial charge < -0.3 is 4.74 Å². The number of nitrogens with zero attached hydrogens (tertiary/aromatic N) is 2. The number of benzene rings is 1. The zero-order chi connectivity index (χ0) is 16.2. The van der Waals surface area contributed by atoms with Crippen LogP contribution in [-0.2, 0) is 9.53 Å². The summed E-state index contributed by atoms with van der Waals surface area (Å²) in [4.78, 5) is 32.2. The van der Waals surface area contributed by atoms with Crippen LogP contribution in [-0.4, -0.2) is 27.9 Å². The smallest absolute Gasteiger partial charge is 0.340 e. The van der Waals surface area contributed by atoms with Gasteiger partial charge in [0.2, 0.25) is 0 Å². The lowest BCUT2D eigenvalue weighted by atomic mass is 10.3. The standard InChI is InChI=1S/C16H13N3O3S/c1-10(22-15(21)11-5-4-8-17-9-11)14(20)19-16-18-12-6-2-3-7-13(12)23-16/h2-10H,1H3,(H,18,19,20). The number of ether oxygens (including phenoxy) is 1. The van der Waals surface area contributed by atoms with Gasteiger partial charge in [-0.3, -0.25) is 15.1 Å². The molecular formula is C16H13N3O3S. The first-order valence-electron chi connectivity index (χ1n) is 6.91. The third-order valence-electron chi connectivity index (χ3n) is 3.07. The predicted octanol–water partition coefficient (Wildman–Crippen LogP) is 2.88. The van der Waals surface area contributed by atoms with E-state index in [0.717, 1.165) is 10.2 Å². The largest absolute Gasteiger partial charge is 0.449 e. The van der Waals surface area contributed by atoms with Crippen LogP contribution < -0.4 is 5.32 Å². The molecule has 0 saturated carbocycles. The van der Waals surface area contributed by atoms with Gasteiger partial charge in [-0.25, -0.2) is 9.78 Å². The van der Waals surface area contributed by atoms with E-state index in [2.05, 4.69) is 15.3 Å². The predicted molar refractivity (Wildman–Crippen MR) is 87.4 cm³/mol. The van der Waals surface area contributed by atoms with Crippen molar-refractivity contribution in [3.05, 3.63) is 54.4 Å². The van der Waals surface area contributed by atoms with E-state index in [-0.39, 0.29) is 0 Å². The van der Waals surface area contributed by atoms with Gasteiger partial charge in [0.1, 0.15) is 0 Å². The molecule has 23 heavy (non-hydrogen) atoms. The summed E-state index contributed by atoms with van der Waals surface area (Å²) in [5, 5.41) is 3.14. The molecule has 0 aliphatic heterocycles. The van der Waals surface area contributed by atoms with Gasteiger partial charge in [-0.1, -0.05) is 23.5 Å². The molecule has 3 aromatic rings. The van der Waals surface area contributed by atoms with Gasteiger partial charge in [-0.05, 0) is 31.2 Å². The Labute approximate surface area is 136 Å². The van der Waals surface area contributed by atoms with Gasteiger partial charge in [-0.15, -0.1) is 0 Å². The van der Waals surface area contributed by atoms with E-state index in [1.54, 1.807) is 18.3 Å². The molecule has 0 spiro atoms. The van der Waals surface area contributed by atoms with Gasteiger partial charge >= 0.3 is 5.97 Å². The normalized spacial score (nSPS) is 11.9. The summed E-state index contributed by atoms with van der Waals surface area (Å²) >= 11 is 1.36. The first-order valence-corrected chi connectivity index (χ1v) is 7.72. The number of para-hydroxylation sites is 1. The van der Waals surface area contributed by atoms with Crippen LogP contribution in [0.25, 0.3) is 10.2 Å². The topological polar surface area (TPSA) is 81.2 Å². The molecule has 0 aliphatic carbocycles. The molecular weight excluding hydrogens is 314 g/mol. The second-order valence-electron chi connectivity index (χ2n) is 4.77. The van der Waals surface area contributed by atoms with E-state index in [1.807, 2.05) is 24.3 Å². The second-order valence-corrected chi connectivity index (χ2v) is 5.80.